The summed E-state index contributed by atoms with van der Waals surface area (Å²) in [6.07, 6.45) is 5.20. The van der Waals surface area contributed by atoms with Gasteiger partial charge < -0.3 is 5.73 Å². The quantitative estimate of drug-likeness (QED) is 0.408. The molecule has 172 valence electrons. The minimum absolute atomic E-state index is 0.00601. The standard InChI is InChI=1S/C28H29Cl2FN2/c29-25-7-3-1-5-23(25)27(24-6-2-4-8-26(24)30)33-21-13-14-22(33)17-28(16-21,18-32)15-19-9-11-20(31)12-10-19/h1-12,21-22,27H,13-18,32H2/t21-,22+,28?. The Bertz CT molecular complexity index is 1060. The van der Waals surface area contributed by atoms with Crippen LogP contribution >= 0.6 is 23.2 Å². The summed E-state index contributed by atoms with van der Waals surface area (Å²) in [6.45, 7) is 0.633. The van der Waals surface area contributed by atoms with Crippen molar-refractivity contribution < 1.29 is 4.39 Å². The van der Waals surface area contributed by atoms with Crippen LogP contribution in [0.1, 0.15) is 48.4 Å². The van der Waals surface area contributed by atoms with E-state index in [1.54, 1.807) is 12.1 Å². The molecule has 0 aliphatic carbocycles. The van der Waals surface area contributed by atoms with E-state index in [2.05, 4.69) is 29.2 Å². The third-order valence-electron chi connectivity index (χ3n) is 7.64. The predicted octanol–water partition coefficient (Wildman–Crippen LogP) is 7.04. The van der Waals surface area contributed by atoms with Gasteiger partial charge in [0.05, 0.1) is 6.04 Å². The zero-order valence-electron chi connectivity index (χ0n) is 18.6. The fourth-order valence-electron chi connectivity index (χ4n) is 6.20. The fraction of sp³-hybridized carbons (Fsp3) is 0.357. The number of piperidine rings is 1. The van der Waals surface area contributed by atoms with Crippen LogP contribution in [0.15, 0.2) is 72.8 Å². The Labute approximate surface area is 205 Å². The van der Waals surface area contributed by atoms with Crippen molar-refractivity contribution in [3.63, 3.8) is 0 Å². The van der Waals surface area contributed by atoms with Gasteiger partial charge in [0.1, 0.15) is 5.82 Å². The number of rotatable bonds is 6. The van der Waals surface area contributed by atoms with Gasteiger partial charge in [0.15, 0.2) is 0 Å². The maximum atomic E-state index is 13.5. The molecule has 0 spiro atoms. The first-order valence-electron chi connectivity index (χ1n) is 11.7. The monoisotopic (exact) mass is 482 g/mol. The summed E-state index contributed by atoms with van der Waals surface area (Å²) < 4.78 is 13.5. The van der Waals surface area contributed by atoms with E-state index in [4.69, 9.17) is 28.9 Å². The minimum atomic E-state index is -0.197. The normalized spacial score (nSPS) is 25.0. The van der Waals surface area contributed by atoms with Gasteiger partial charge in [0, 0.05) is 22.1 Å². The van der Waals surface area contributed by atoms with Crippen molar-refractivity contribution in [2.24, 2.45) is 11.1 Å². The highest BCUT2D eigenvalue weighted by molar-refractivity contribution is 6.32. The van der Waals surface area contributed by atoms with Gasteiger partial charge in [-0.3, -0.25) is 4.90 Å². The second-order valence-corrected chi connectivity index (χ2v) is 10.5. The maximum Gasteiger partial charge on any atom is 0.123 e. The lowest BCUT2D eigenvalue weighted by Crippen LogP contribution is -2.52. The molecule has 2 N–H and O–H groups in total. The van der Waals surface area contributed by atoms with Gasteiger partial charge in [-0.05, 0) is 85.0 Å². The molecule has 2 heterocycles. The molecule has 3 aromatic carbocycles. The summed E-state index contributed by atoms with van der Waals surface area (Å²) in [5, 5.41) is 1.53. The van der Waals surface area contributed by atoms with Crippen molar-refractivity contribution >= 4 is 23.2 Å². The van der Waals surface area contributed by atoms with Crippen LogP contribution in [-0.4, -0.2) is 23.5 Å². The molecule has 5 heteroatoms. The van der Waals surface area contributed by atoms with Crippen LogP contribution in [0.25, 0.3) is 0 Å². The van der Waals surface area contributed by atoms with E-state index >= 15 is 0 Å². The zero-order chi connectivity index (χ0) is 23.0. The molecule has 2 aliphatic heterocycles. The summed E-state index contributed by atoms with van der Waals surface area (Å²) in [7, 11) is 0. The highest BCUT2D eigenvalue weighted by Crippen LogP contribution is 2.52. The summed E-state index contributed by atoms with van der Waals surface area (Å²) >= 11 is 13.5. The van der Waals surface area contributed by atoms with Crippen LogP contribution in [0.5, 0.6) is 0 Å². The fourth-order valence-corrected chi connectivity index (χ4v) is 6.68. The molecule has 2 saturated heterocycles. The Morgan fingerprint density at radius 3 is 1.85 bits per heavy atom. The lowest BCUT2D eigenvalue weighted by molar-refractivity contribution is 0.0250. The zero-order valence-corrected chi connectivity index (χ0v) is 20.1. The van der Waals surface area contributed by atoms with Crippen LogP contribution in [0.2, 0.25) is 10.0 Å². The van der Waals surface area contributed by atoms with Crippen LogP contribution in [0, 0.1) is 11.2 Å². The van der Waals surface area contributed by atoms with Gasteiger partial charge in [-0.1, -0.05) is 71.7 Å². The largest absolute Gasteiger partial charge is 0.330 e. The molecule has 2 bridgehead atoms. The van der Waals surface area contributed by atoms with E-state index in [1.807, 2.05) is 36.4 Å². The number of nitrogens with zero attached hydrogens (tertiary/aromatic N) is 1. The minimum Gasteiger partial charge on any atom is -0.330 e. The van der Waals surface area contributed by atoms with Crippen molar-refractivity contribution in [1.29, 1.82) is 0 Å². The summed E-state index contributed by atoms with van der Waals surface area (Å²) in [6, 6.07) is 23.9. The Morgan fingerprint density at radius 1 is 0.848 bits per heavy atom. The molecule has 0 amide bonds. The van der Waals surface area contributed by atoms with E-state index in [9.17, 15) is 4.39 Å². The van der Waals surface area contributed by atoms with Gasteiger partial charge in [-0.2, -0.15) is 0 Å². The number of benzene rings is 3. The van der Waals surface area contributed by atoms with Crippen molar-refractivity contribution in [2.75, 3.05) is 6.54 Å². The Balaban J connectivity index is 1.50. The van der Waals surface area contributed by atoms with Crippen molar-refractivity contribution in [3.05, 3.63) is 105 Å². The average Bonchev–Trinajstić information content (AvgIpc) is 3.08. The highest BCUT2D eigenvalue weighted by Gasteiger charge is 2.50. The molecule has 0 saturated carbocycles. The Morgan fingerprint density at radius 2 is 1.36 bits per heavy atom. The van der Waals surface area contributed by atoms with E-state index < -0.39 is 0 Å². The van der Waals surface area contributed by atoms with E-state index in [-0.39, 0.29) is 17.3 Å². The maximum absolute atomic E-state index is 13.5. The van der Waals surface area contributed by atoms with Gasteiger partial charge in [-0.25, -0.2) is 4.39 Å². The van der Waals surface area contributed by atoms with E-state index in [1.165, 1.54) is 0 Å². The SMILES string of the molecule is NCC1(Cc2ccc(F)cc2)C[C@H]2CC[C@@H](C1)N2C(c1ccccc1Cl)c1ccccc1Cl. The second kappa shape index (κ2) is 9.38. The van der Waals surface area contributed by atoms with Crippen molar-refractivity contribution in [3.8, 4) is 0 Å². The third kappa shape index (κ3) is 4.44. The topological polar surface area (TPSA) is 29.3 Å². The lowest BCUT2D eigenvalue weighted by Gasteiger charge is -2.49. The van der Waals surface area contributed by atoms with Crippen LogP contribution in [0.4, 0.5) is 4.39 Å². The molecule has 3 aromatic rings. The first-order chi connectivity index (χ1) is 16.0. The number of halogens is 3. The molecule has 2 aliphatic rings. The number of hydrogen-bond acceptors (Lipinski definition) is 2. The molecule has 0 aromatic heterocycles. The van der Waals surface area contributed by atoms with Crippen molar-refractivity contribution in [2.45, 2.75) is 50.2 Å². The highest BCUT2D eigenvalue weighted by atomic mass is 35.5. The Kier molecular flexibility index (Phi) is 6.50. The number of fused-ring (bicyclic) bond motifs is 2. The van der Waals surface area contributed by atoms with Crippen LogP contribution in [0.3, 0.4) is 0 Å². The third-order valence-corrected chi connectivity index (χ3v) is 8.33. The van der Waals surface area contributed by atoms with Crippen molar-refractivity contribution in [1.82, 2.24) is 4.90 Å². The van der Waals surface area contributed by atoms with Gasteiger partial charge in [-0.15, -0.1) is 0 Å². The molecule has 3 atom stereocenters. The molecular formula is C28H29Cl2FN2. The van der Waals surface area contributed by atoms with Crippen LogP contribution < -0.4 is 5.73 Å². The summed E-state index contributed by atoms with van der Waals surface area (Å²) in [5.41, 5.74) is 9.80. The van der Waals surface area contributed by atoms with E-state index in [0.29, 0.717) is 18.6 Å². The molecule has 33 heavy (non-hydrogen) atoms. The summed E-state index contributed by atoms with van der Waals surface area (Å²) in [4.78, 5) is 2.65. The summed E-state index contributed by atoms with van der Waals surface area (Å²) in [5.74, 6) is -0.197. The van der Waals surface area contributed by atoms with Gasteiger partial charge >= 0.3 is 0 Å². The van der Waals surface area contributed by atoms with Crippen LogP contribution in [-0.2, 0) is 6.42 Å². The predicted molar refractivity (Wildman–Crippen MR) is 134 cm³/mol. The van der Waals surface area contributed by atoms with E-state index in [0.717, 1.165) is 58.8 Å². The van der Waals surface area contributed by atoms with Gasteiger partial charge in [0.25, 0.3) is 0 Å². The number of nitrogens with two attached hydrogens (primary N) is 1. The molecule has 5 rings (SSSR count). The lowest BCUT2D eigenvalue weighted by atomic mass is 9.70. The smallest absolute Gasteiger partial charge is 0.123 e. The first-order valence-corrected chi connectivity index (χ1v) is 12.5. The Hall–Kier alpha value is -1.91. The molecule has 2 nitrogen and oxygen atoms in total. The average molecular weight is 483 g/mol. The molecule has 2 fully saturated rings. The first kappa shape index (κ1) is 22.9. The molecular weight excluding hydrogens is 454 g/mol. The second-order valence-electron chi connectivity index (χ2n) is 9.69. The number of hydrogen-bond donors (Lipinski definition) is 1. The van der Waals surface area contributed by atoms with Gasteiger partial charge in [0.2, 0.25) is 0 Å². The molecule has 0 radical (unpaired) electrons. The molecule has 1 unspecified atom stereocenters.